The zero-order valence-corrected chi connectivity index (χ0v) is 13.2. The molecule has 0 aliphatic heterocycles. The highest BCUT2D eigenvalue weighted by atomic mass is 32.2. The highest BCUT2D eigenvalue weighted by molar-refractivity contribution is 7.90. The first-order chi connectivity index (χ1) is 8.82. The van der Waals surface area contributed by atoms with Crippen LogP contribution in [0.2, 0.25) is 0 Å². The number of hydrogen-bond acceptors (Lipinski definition) is 6. The van der Waals surface area contributed by atoms with E-state index in [1.807, 2.05) is 13.1 Å². The minimum absolute atomic E-state index is 0.0168. The molecule has 0 radical (unpaired) electrons. The summed E-state index contributed by atoms with van der Waals surface area (Å²) in [7, 11) is 0.733. The van der Waals surface area contributed by atoms with Crippen molar-refractivity contribution >= 4 is 21.4 Å². The Labute approximate surface area is 118 Å². The Morgan fingerprint density at radius 1 is 1.53 bits per heavy atom. The number of sulfone groups is 1. The van der Waals surface area contributed by atoms with Gasteiger partial charge in [-0.05, 0) is 36.8 Å². The first-order valence-corrected chi connectivity index (χ1v) is 9.01. The van der Waals surface area contributed by atoms with Crippen LogP contribution in [0, 0.1) is 5.41 Å². The van der Waals surface area contributed by atoms with E-state index < -0.39 is 9.84 Å². The molecule has 0 spiro atoms. The maximum absolute atomic E-state index is 11.4. The minimum atomic E-state index is -2.89. The molecule has 1 aliphatic rings. The molecule has 1 aliphatic carbocycles. The number of ether oxygens (including phenoxy) is 1. The third kappa shape index (κ3) is 4.43. The zero-order valence-electron chi connectivity index (χ0n) is 11.5. The fourth-order valence-corrected chi connectivity index (χ4v) is 4.70. The lowest BCUT2D eigenvalue weighted by molar-refractivity contribution is 0.270. The first kappa shape index (κ1) is 14.7. The molecule has 0 bridgehead atoms. The van der Waals surface area contributed by atoms with E-state index in [2.05, 4.69) is 9.27 Å². The molecule has 1 saturated carbocycles. The summed E-state index contributed by atoms with van der Waals surface area (Å²) in [6.07, 6.45) is 3.34. The van der Waals surface area contributed by atoms with E-state index in [4.69, 9.17) is 4.74 Å². The van der Waals surface area contributed by atoms with Crippen LogP contribution >= 0.6 is 11.5 Å². The molecular weight excluding hydrogens is 284 g/mol. The summed E-state index contributed by atoms with van der Waals surface area (Å²) in [5.41, 5.74) is -0.0168. The Morgan fingerprint density at radius 3 is 2.68 bits per heavy atom. The average Bonchev–Trinajstić information content (AvgIpc) is 2.85. The van der Waals surface area contributed by atoms with E-state index in [9.17, 15) is 8.42 Å². The van der Waals surface area contributed by atoms with Gasteiger partial charge in [-0.1, -0.05) is 0 Å². The van der Waals surface area contributed by atoms with Gasteiger partial charge in [0.2, 0.25) is 5.88 Å². The van der Waals surface area contributed by atoms with Crippen LogP contribution in [-0.2, 0) is 16.4 Å². The van der Waals surface area contributed by atoms with Crippen molar-refractivity contribution in [2.45, 2.75) is 19.4 Å². The molecule has 0 unspecified atom stereocenters. The van der Waals surface area contributed by atoms with Gasteiger partial charge in [-0.3, -0.25) is 0 Å². The lowest BCUT2D eigenvalue weighted by Crippen LogP contribution is -2.30. The lowest BCUT2D eigenvalue weighted by atomic mass is 10.1. The van der Waals surface area contributed by atoms with Crippen molar-refractivity contribution < 1.29 is 13.2 Å². The van der Waals surface area contributed by atoms with Crippen LogP contribution in [0.3, 0.4) is 0 Å². The van der Waals surface area contributed by atoms with Gasteiger partial charge in [-0.15, -0.1) is 0 Å². The van der Waals surface area contributed by atoms with Gasteiger partial charge in [0.25, 0.3) is 0 Å². The first-order valence-electron chi connectivity index (χ1n) is 6.18. The van der Waals surface area contributed by atoms with Crippen molar-refractivity contribution in [2.24, 2.45) is 5.41 Å². The summed E-state index contributed by atoms with van der Waals surface area (Å²) in [6.45, 7) is 1.60. The topological polar surface area (TPSA) is 59.5 Å². The highest BCUT2D eigenvalue weighted by Crippen LogP contribution is 2.47. The van der Waals surface area contributed by atoms with Crippen molar-refractivity contribution in [1.82, 2.24) is 9.27 Å². The SMILES string of the molecule is COc1cc(CN(C)CC2(CS(C)(=O)=O)CC2)sn1. The molecule has 2 rings (SSSR count). The van der Waals surface area contributed by atoms with Crippen LogP contribution in [0.15, 0.2) is 6.07 Å². The molecule has 0 atom stereocenters. The van der Waals surface area contributed by atoms with Gasteiger partial charge < -0.3 is 9.64 Å². The predicted molar refractivity (Wildman–Crippen MR) is 76.4 cm³/mol. The van der Waals surface area contributed by atoms with E-state index >= 15 is 0 Å². The number of aromatic nitrogens is 1. The Bertz CT molecular complexity index is 535. The smallest absolute Gasteiger partial charge is 0.225 e. The molecule has 19 heavy (non-hydrogen) atoms. The largest absolute Gasteiger partial charge is 0.480 e. The van der Waals surface area contributed by atoms with Crippen LogP contribution in [0.1, 0.15) is 17.7 Å². The summed E-state index contributed by atoms with van der Waals surface area (Å²) in [5.74, 6) is 0.946. The van der Waals surface area contributed by atoms with E-state index in [-0.39, 0.29) is 5.41 Å². The Kier molecular flexibility index (Phi) is 4.17. The van der Waals surface area contributed by atoms with Gasteiger partial charge in [0.15, 0.2) is 0 Å². The van der Waals surface area contributed by atoms with Crippen molar-refractivity contribution in [2.75, 3.05) is 32.7 Å². The summed E-state index contributed by atoms with van der Waals surface area (Å²) in [5, 5.41) is 0. The van der Waals surface area contributed by atoms with E-state index in [1.54, 1.807) is 7.11 Å². The van der Waals surface area contributed by atoms with Gasteiger partial charge in [-0.2, -0.15) is 4.37 Å². The molecule has 1 heterocycles. The molecular formula is C12H20N2O3S2. The van der Waals surface area contributed by atoms with Crippen LogP contribution in [-0.4, -0.2) is 50.4 Å². The monoisotopic (exact) mass is 304 g/mol. The molecule has 1 aromatic rings. The number of methoxy groups -OCH3 is 1. The van der Waals surface area contributed by atoms with Crippen LogP contribution in [0.5, 0.6) is 5.88 Å². The molecule has 1 fully saturated rings. The Hall–Kier alpha value is -0.660. The second kappa shape index (κ2) is 5.38. The van der Waals surface area contributed by atoms with Crippen molar-refractivity contribution in [1.29, 1.82) is 0 Å². The number of hydrogen-bond donors (Lipinski definition) is 0. The number of nitrogens with zero attached hydrogens (tertiary/aromatic N) is 2. The lowest BCUT2D eigenvalue weighted by Gasteiger charge is -2.22. The molecule has 5 nitrogen and oxygen atoms in total. The van der Waals surface area contributed by atoms with Gasteiger partial charge in [0.05, 0.1) is 12.9 Å². The fourth-order valence-electron chi connectivity index (χ4n) is 2.44. The Morgan fingerprint density at radius 2 is 2.21 bits per heavy atom. The molecule has 0 aromatic carbocycles. The third-order valence-corrected chi connectivity index (χ3v) is 5.19. The summed E-state index contributed by atoms with van der Waals surface area (Å²) in [4.78, 5) is 3.31. The van der Waals surface area contributed by atoms with E-state index in [0.717, 1.165) is 30.8 Å². The molecule has 7 heteroatoms. The maximum Gasteiger partial charge on any atom is 0.225 e. The standard InChI is InChI=1S/C12H20N2O3S2/c1-14(7-10-6-11(17-2)13-18-10)8-12(4-5-12)9-19(3,15)16/h6H,4-5,7-9H2,1-3H3. The van der Waals surface area contributed by atoms with Crippen molar-refractivity contribution in [3.63, 3.8) is 0 Å². The highest BCUT2D eigenvalue weighted by Gasteiger charge is 2.45. The normalized spacial score (nSPS) is 17.7. The van der Waals surface area contributed by atoms with E-state index in [1.165, 1.54) is 17.8 Å². The minimum Gasteiger partial charge on any atom is -0.480 e. The summed E-state index contributed by atoms with van der Waals surface area (Å²) < 4.78 is 32.1. The van der Waals surface area contributed by atoms with E-state index in [0.29, 0.717) is 11.6 Å². The second-order valence-corrected chi connectivity index (χ2v) is 8.61. The maximum atomic E-state index is 11.4. The molecule has 0 saturated heterocycles. The molecule has 0 amide bonds. The van der Waals surface area contributed by atoms with Gasteiger partial charge in [-0.25, -0.2) is 8.42 Å². The zero-order chi connectivity index (χ0) is 14.1. The molecule has 108 valence electrons. The summed E-state index contributed by atoms with van der Waals surface area (Å²) in [6, 6.07) is 1.93. The molecule has 1 aromatic heterocycles. The van der Waals surface area contributed by atoms with Gasteiger partial charge >= 0.3 is 0 Å². The van der Waals surface area contributed by atoms with Crippen LogP contribution in [0.4, 0.5) is 0 Å². The second-order valence-electron chi connectivity index (χ2n) is 5.58. The van der Waals surface area contributed by atoms with Gasteiger partial charge in [0, 0.05) is 30.3 Å². The van der Waals surface area contributed by atoms with Crippen LogP contribution in [0.25, 0.3) is 0 Å². The number of rotatable bonds is 7. The van der Waals surface area contributed by atoms with Crippen LogP contribution < -0.4 is 4.74 Å². The predicted octanol–water partition coefficient (Wildman–Crippen LogP) is 1.41. The summed E-state index contributed by atoms with van der Waals surface area (Å²) >= 11 is 1.43. The average molecular weight is 304 g/mol. The van der Waals surface area contributed by atoms with Crippen molar-refractivity contribution in [3.8, 4) is 5.88 Å². The third-order valence-electron chi connectivity index (χ3n) is 3.30. The quantitative estimate of drug-likeness (QED) is 0.762. The Balaban J connectivity index is 1.89. The van der Waals surface area contributed by atoms with Crippen molar-refractivity contribution in [3.05, 3.63) is 10.9 Å². The fraction of sp³-hybridized carbons (Fsp3) is 0.750. The molecule has 0 N–H and O–H groups in total. The van der Waals surface area contributed by atoms with Gasteiger partial charge in [0.1, 0.15) is 9.84 Å².